The molecule has 0 heterocycles. The summed E-state index contributed by atoms with van der Waals surface area (Å²) in [6.45, 7) is 55.6. The summed E-state index contributed by atoms with van der Waals surface area (Å²) in [6.07, 6.45) is 65.3. The summed E-state index contributed by atoms with van der Waals surface area (Å²) < 4.78 is 38.5. The zero-order valence-corrected chi connectivity index (χ0v) is 91.4. The summed E-state index contributed by atoms with van der Waals surface area (Å²) >= 11 is 0. The third-order valence-electron chi connectivity index (χ3n) is 34.8. The minimum Gasteiger partial charge on any atom is -0.0625 e. The lowest BCUT2D eigenvalue weighted by molar-refractivity contribution is -0.0411. The molecule has 0 radical (unpaired) electrons. The summed E-state index contributed by atoms with van der Waals surface area (Å²) in [7, 11) is 0. The molecular weight excluding hydrogens is 1590 g/mol. The van der Waals surface area contributed by atoms with Crippen LogP contribution >= 0.6 is 0 Å². The van der Waals surface area contributed by atoms with Crippen molar-refractivity contribution in [2.45, 2.75) is 499 Å². The Balaban J connectivity index is 0.000000182. The number of hydrogen-bond donors (Lipinski definition) is 0. The van der Waals surface area contributed by atoms with Crippen LogP contribution in [0.15, 0.2) is 146 Å². The first-order valence-corrected chi connectivity index (χ1v) is 56.2. The highest BCUT2D eigenvalue weighted by Gasteiger charge is 2.48. The molecule has 0 saturated heterocycles. The molecule has 0 amide bonds. The molecule has 16 aliphatic carbocycles. The first-order chi connectivity index (χ1) is 64.4. The van der Waals surface area contributed by atoms with Crippen LogP contribution < -0.4 is 0 Å². The fourth-order valence-corrected chi connectivity index (χ4v) is 25.4. The Kier molecular flexibility index (Phi) is 46.3. The van der Waals surface area contributed by atoms with Gasteiger partial charge >= 0.3 is 0 Å². The third kappa shape index (κ3) is 45.1. The minimum absolute atomic E-state index is 0.0388. The summed E-state index contributed by atoms with van der Waals surface area (Å²) in [5.74, 6) is 13.5. The molecule has 6 aromatic rings. The molecule has 4 unspecified atom stereocenters. The minimum atomic E-state index is -0.116. The maximum absolute atomic E-state index is 7.87. The molecule has 16 saturated carbocycles. The Morgan fingerprint density at radius 1 is 0.227 bits per heavy atom. The van der Waals surface area contributed by atoms with Gasteiger partial charge in [0.1, 0.15) is 0 Å². The van der Waals surface area contributed by atoms with Gasteiger partial charge in [0.05, 0.1) is 0 Å². The standard InChI is InChI=1S/C15H22.C14H20.C13H18.C11H18.C9H12.2C9H18.2C8H14.C8H16.C8H10.C7H14.C7H8.C6H12/c1-12-4-6-13(7-5-12)14-8-10-15(2,3)11-9-14;1-11-3-7-13(8-4-11)14-9-5-12(2)6-10-14;1-11-7-9-13(10-8-11)12-5-3-2-4-6-12;1-11-5-8-2-9(6-11)4-10(3-8)7-11;1-7-4-8(2)6-9(3)5-7;2*1-8-4-6-9(2,3)7-5-8;2*1-6-4-7-2-3-8(6)5-7;2*1-7-3-5-8(2)6-4-7;2*1-7-5-3-2-4-6-7;1-6-4-2-3-5-6/h4-7,14H,8-11H2,1-3H3;3-4,7-8,12,14H,5-6,9-10H2,1-2H3;7-10,12H,2-6H2,1H3;8-10H,2-7H2,1H3;4-6H,1-3H3;2*8H,4-7H2,1-3H3;2*6-8H,2-5H2,1H3;7-8H,3-6H2,1-2H3;3-6H,1-2H3;7H,2-6H2,1H3;2-6H,1H3;6H,2-5H2,1H3/t;;;;;;;2*6-,7?,8?;;;;;/m.......11...../s1/i;;;;;8D;;6D;;7D;;7D;;6D. The van der Waals surface area contributed by atoms with Crippen molar-refractivity contribution in [2.75, 3.05) is 0 Å². The largest absolute Gasteiger partial charge is 0.0625 e. The molecule has 0 aliphatic heterocycles. The van der Waals surface area contributed by atoms with Gasteiger partial charge in [-0.1, -0.05) is 461 Å². The van der Waals surface area contributed by atoms with E-state index in [1.54, 1.807) is 80.9 Å². The van der Waals surface area contributed by atoms with Crippen LogP contribution in [0.3, 0.4) is 0 Å². The van der Waals surface area contributed by atoms with Crippen molar-refractivity contribution in [1.29, 1.82) is 0 Å². The van der Waals surface area contributed by atoms with Crippen LogP contribution in [0.5, 0.6) is 0 Å². The molecule has 132 heavy (non-hydrogen) atoms. The predicted octanol–water partition coefficient (Wildman–Crippen LogP) is 42.1. The molecular formula is C132H214. The molecule has 6 atom stereocenters. The molecule has 0 aromatic heterocycles. The summed E-state index contributed by atoms with van der Waals surface area (Å²) in [5, 5.41) is 0. The smallest absolute Gasteiger partial charge is 0.0303 e. The van der Waals surface area contributed by atoms with Crippen LogP contribution in [0.25, 0.3) is 0 Å². The lowest BCUT2D eigenvalue weighted by atomic mass is 9.50. The zero-order chi connectivity index (χ0) is 100. The van der Waals surface area contributed by atoms with E-state index in [4.69, 9.17) is 6.85 Å². The van der Waals surface area contributed by atoms with E-state index in [0.717, 1.165) is 140 Å². The van der Waals surface area contributed by atoms with Crippen LogP contribution in [0.1, 0.15) is 510 Å². The average molecular weight is 1810 g/mol. The van der Waals surface area contributed by atoms with Gasteiger partial charge in [-0.15, -0.1) is 0 Å². The highest BCUT2D eigenvalue weighted by molar-refractivity contribution is 5.29. The monoisotopic (exact) mass is 1800 g/mol. The molecule has 0 N–H and O–H groups in total. The van der Waals surface area contributed by atoms with Crippen molar-refractivity contribution in [2.24, 2.45) is 116 Å². The molecule has 0 spiro atoms. The topological polar surface area (TPSA) is 0 Å². The number of benzene rings is 6. The van der Waals surface area contributed by atoms with Gasteiger partial charge in [-0.25, -0.2) is 0 Å². The van der Waals surface area contributed by atoms with E-state index in [1.165, 1.54) is 243 Å². The van der Waals surface area contributed by atoms with Crippen molar-refractivity contribution >= 4 is 0 Å². The van der Waals surface area contributed by atoms with Crippen molar-refractivity contribution in [3.8, 4) is 0 Å². The molecule has 22 rings (SSSR count). The maximum atomic E-state index is 7.87. The molecule has 16 fully saturated rings. The normalized spacial score (nSPS) is 31.5. The van der Waals surface area contributed by atoms with E-state index in [9.17, 15) is 0 Å². The van der Waals surface area contributed by atoms with Gasteiger partial charge in [0.2, 0.25) is 0 Å². The van der Waals surface area contributed by atoms with Crippen LogP contribution in [-0.2, 0) is 0 Å². The number of aryl methyl sites for hydroxylation is 9. The van der Waals surface area contributed by atoms with Crippen molar-refractivity contribution in [1.82, 2.24) is 0 Å². The number of fused-ring (bicyclic) bond motifs is 4. The Hall–Kier alpha value is -4.68. The van der Waals surface area contributed by atoms with Gasteiger partial charge in [0, 0.05) is 6.85 Å². The van der Waals surface area contributed by atoms with E-state index in [-0.39, 0.29) is 29.5 Å². The number of hydrogen-bond acceptors (Lipinski definition) is 0. The van der Waals surface area contributed by atoms with Crippen molar-refractivity contribution < 1.29 is 6.85 Å². The zero-order valence-electron chi connectivity index (χ0n) is 96.4. The lowest BCUT2D eigenvalue weighted by Crippen LogP contribution is -2.44. The van der Waals surface area contributed by atoms with Gasteiger partial charge in [0.25, 0.3) is 0 Å². The summed E-state index contributed by atoms with van der Waals surface area (Å²) in [6, 6.07) is 52.7. The van der Waals surface area contributed by atoms with Gasteiger partial charge < -0.3 is 0 Å². The molecule has 0 heteroatoms. The van der Waals surface area contributed by atoms with Crippen LogP contribution in [0.4, 0.5) is 0 Å². The van der Waals surface area contributed by atoms with E-state index >= 15 is 0 Å². The second kappa shape index (κ2) is 58.4. The van der Waals surface area contributed by atoms with Crippen molar-refractivity contribution in [3.05, 3.63) is 212 Å². The molecule has 16 aliphatic rings. The molecule has 6 aromatic carbocycles. The van der Waals surface area contributed by atoms with Crippen LogP contribution in [-0.4, -0.2) is 0 Å². The Bertz CT molecular complexity index is 4040. The fraction of sp³-hybridized carbons (Fsp3) is 0.727. The van der Waals surface area contributed by atoms with E-state index in [2.05, 4.69) is 287 Å². The van der Waals surface area contributed by atoms with E-state index in [0.29, 0.717) is 16.2 Å². The second-order valence-electron chi connectivity index (χ2n) is 50.5. The highest BCUT2D eigenvalue weighted by atomic mass is 14.5. The molecule has 0 nitrogen and oxygen atoms in total. The molecule has 742 valence electrons. The summed E-state index contributed by atoms with van der Waals surface area (Å²) in [4.78, 5) is 0. The first-order valence-electron chi connectivity index (χ1n) is 58.7. The van der Waals surface area contributed by atoms with E-state index < -0.39 is 0 Å². The Morgan fingerprint density at radius 2 is 0.515 bits per heavy atom. The Morgan fingerprint density at radius 3 is 0.780 bits per heavy atom. The SMILES string of the molecule is CC12CC3CC(CC(C3)C1)C2.CC1CCC(C)(C)CC1.C[C@@H]1CC2CCC1C2.Cc1cc(C)cc(C)c1.Cc1ccc(C)cc1.Cc1ccc(C2CCC(C)(C)CC2)cc1.Cc1ccc(C2CCC(C)CC2)cc1.Cc1ccc(C2CCCCC2)cc1.Cc1ccccc1.[2H]C1(C)CCC(C)(C)CC1.[2H]C1(C)CCC(C)CC1.[2H]C1(C)CCCC1.[2H]C1(C)CCCCC1.[2H][C@@]1(C)CC2CCC1C2. The predicted molar refractivity (Wildman–Crippen MR) is 587 cm³/mol. The van der Waals surface area contributed by atoms with Gasteiger partial charge in [-0.3, -0.25) is 0 Å². The van der Waals surface area contributed by atoms with Gasteiger partial charge in [-0.2, -0.15) is 0 Å². The van der Waals surface area contributed by atoms with Crippen LogP contribution in [0.2, 0.25) is 0 Å². The van der Waals surface area contributed by atoms with Gasteiger partial charge in [-0.05, 0) is 367 Å². The quantitative estimate of drug-likeness (QED) is 0.166. The van der Waals surface area contributed by atoms with E-state index in [1.807, 2.05) is 32.0 Å². The number of rotatable bonds is 3. The highest BCUT2D eigenvalue weighted by Crippen LogP contribution is 2.60. The van der Waals surface area contributed by atoms with Gasteiger partial charge in [0.15, 0.2) is 0 Å². The maximum Gasteiger partial charge on any atom is 0.0303 e. The first kappa shape index (κ1) is 105. The lowest BCUT2D eigenvalue weighted by Gasteiger charge is -2.55. The second-order valence-corrected chi connectivity index (χ2v) is 50.5. The summed E-state index contributed by atoms with van der Waals surface area (Å²) in [5.41, 5.74) is 19.4. The van der Waals surface area contributed by atoms with Crippen LogP contribution in [0, 0.1) is 179 Å². The average Bonchev–Trinajstić information content (AvgIpc) is 1.67. The third-order valence-corrected chi connectivity index (χ3v) is 34.8. The molecule has 8 bridgehead atoms. The Labute approximate surface area is 829 Å². The fourth-order valence-electron chi connectivity index (χ4n) is 25.4. The van der Waals surface area contributed by atoms with Crippen molar-refractivity contribution in [3.63, 3.8) is 0 Å².